The number of methoxy groups -OCH3 is 2. The van der Waals surface area contributed by atoms with Crippen molar-refractivity contribution in [3.63, 3.8) is 0 Å². The summed E-state index contributed by atoms with van der Waals surface area (Å²) >= 11 is 0. The summed E-state index contributed by atoms with van der Waals surface area (Å²) in [6, 6.07) is 18.7. The number of ether oxygens (including phenoxy) is 3. The third-order valence-corrected chi connectivity index (χ3v) is 5.86. The van der Waals surface area contributed by atoms with Crippen LogP contribution in [-0.4, -0.2) is 41.1 Å². The van der Waals surface area contributed by atoms with Gasteiger partial charge < -0.3 is 14.2 Å². The monoisotopic (exact) mass is 485 g/mol. The van der Waals surface area contributed by atoms with Crippen molar-refractivity contribution in [2.45, 2.75) is 4.90 Å². The van der Waals surface area contributed by atoms with Gasteiger partial charge in [-0.2, -0.15) is 0 Å². The quantitative estimate of drug-likeness (QED) is 0.396. The standard InChI is InChI=1S/C23H23N3O7S/c1-31-19-11-4-3-10-18(19)26-34(29,30)17-9-7-8-16(14-17)23(28)25-24-22(27)15-33-21-13-6-5-12-20(21)32-2/h3-14,26H,15H2,1-2H3,(H,24,27)(H,25,28). The first-order chi connectivity index (χ1) is 16.3. The molecule has 34 heavy (non-hydrogen) atoms. The number of sulfonamides is 1. The summed E-state index contributed by atoms with van der Waals surface area (Å²) in [5, 5.41) is 0. The number of benzene rings is 3. The molecule has 0 aliphatic heterocycles. The molecule has 0 spiro atoms. The molecule has 3 rings (SSSR count). The lowest BCUT2D eigenvalue weighted by molar-refractivity contribution is -0.123. The zero-order valence-corrected chi connectivity index (χ0v) is 19.2. The van der Waals surface area contributed by atoms with Gasteiger partial charge in [-0.15, -0.1) is 0 Å². The third-order valence-electron chi connectivity index (χ3n) is 4.50. The maximum absolute atomic E-state index is 12.8. The second kappa shape index (κ2) is 11.1. The molecular formula is C23H23N3O7S. The predicted octanol–water partition coefficient (Wildman–Crippen LogP) is 2.34. The highest BCUT2D eigenvalue weighted by Crippen LogP contribution is 2.27. The molecule has 178 valence electrons. The predicted molar refractivity (Wildman–Crippen MR) is 124 cm³/mol. The SMILES string of the molecule is COc1ccccc1NS(=O)(=O)c1cccc(C(=O)NNC(=O)COc2ccccc2OC)c1. The molecule has 0 saturated heterocycles. The van der Waals surface area contributed by atoms with Crippen molar-refractivity contribution >= 4 is 27.5 Å². The van der Waals surface area contributed by atoms with Crippen molar-refractivity contribution in [1.29, 1.82) is 0 Å². The fraction of sp³-hybridized carbons (Fsp3) is 0.130. The minimum Gasteiger partial charge on any atom is -0.495 e. The number of anilines is 1. The molecule has 10 nitrogen and oxygen atoms in total. The lowest BCUT2D eigenvalue weighted by Gasteiger charge is -2.13. The Morgan fingerprint density at radius 1 is 0.794 bits per heavy atom. The van der Waals surface area contributed by atoms with Crippen LogP contribution in [0.1, 0.15) is 10.4 Å². The summed E-state index contributed by atoms with van der Waals surface area (Å²) < 4.78 is 43.7. The molecule has 3 aromatic rings. The zero-order chi connectivity index (χ0) is 24.6. The fourth-order valence-electron chi connectivity index (χ4n) is 2.85. The Kier molecular flexibility index (Phi) is 7.93. The van der Waals surface area contributed by atoms with Gasteiger partial charge in [0.05, 0.1) is 24.8 Å². The smallest absolute Gasteiger partial charge is 0.276 e. The molecule has 0 saturated carbocycles. The highest BCUT2D eigenvalue weighted by atomic mass is 32.2. The van der Waals surface area contributed by atoms with Crippen LogP contribution in [0, 0.1) is 0 Å². The minimum absolute atomic E-state index is 0.0221. The topological polar surface area (TPSA) is 132 Å². The minimum atomic E-state index is -4.01. The Morgan fingerprint density at radius 3 is 2.15 bits per heavy atom. The Hall–Kier alpha value is -4.25. The number of hydrazine groups is 1. The molecule has 0 aromatic heterocycles. The van der Waals surface area contributed by atoms with Gasteiger partial charge in [0.25, 0.3) is 21.8 Å². The highest BCUT2D eigenvalue weighted by molar-refractivity contribution is 7.92. The van der Waals surface area contributed by atoms with Crippen LogP contribution in [0.25, 0.3) is 0 Å². The molecule has 3 N–H and O–H groups in total. The van der Waals surface area contributed by atoms with Crippen LogP contribution in [0.2, 0.25) is 0 Å². The van der Waals surface area contributed by atoms with E-state index in [4.69, 9.17) is 14.2 Å². The van der Waals surface area contributed by atoms with Crippen LogP contribution in [-0.2, 0) is 14.8 Å². The van der Waals surface area contributed by atoms with Gasteiger partial charge in [0.2, 0.25) is 0 Å². The van der Waals surface area contributed by atoms with Gasteiger partial charge in [-0.05, 0) is 42.5 Å². The lowest BCUT2D eigenvalue weighted by Crippen LogP contribution is -2.43. The van der Waals surface area contributed by atoms with Crippen LogP contribution in [0.4, 0.5) is 5.69 Å². The van der Waals surface area contributed by atoms with Crippen LogP contribution >= 0.6 is 0 Å². The van der Waals surface area contributed by atoms with E-state index in [9.17, 15) is 18.0 Å². The van der Waals surface area contributed by atoms with Crippen molar-refractivity contribution in [2.24, 2.45) is 0 Å². The summed E-state index contributed by atoms with van der Waals surface area (Å²) in [4.78, 5) is 24.3. The summed E-state index contributed by atoms with van der Waals surface area (Å²) in [6.45, 7) is -0.377. The molecule has 0 fully saturated rings. The van der Waals surface area contributed by atoms with Gasteiger partial charge in [-0.1, -0.05) is 30.3 Å². The molecule has 0 unspecified atom stereocenters. The third kappa shape index (κ3) is 6.17. The van der Waals surface area contributed by atoms with Gasteiger partial charge >= 0.3 is 0 Å². The van der Waals surface area contributed by atoms with Crippen molar-refractivity contribution in [2.75, 3.05) is 25.5 Å². The zero-order valence-electron chi connectivity index (χ0n) is 18.4. The Labute approximate surface area is 196 Å². The number of carbonyl (C=O) groups is 2. The van der Waals surface area contributed by atoms with E-state index in [0.717, 1.165) is 0 Å². The van der Waals surface area contributed by atoms with Crippen LogP contribution in [0.3, 0.4) is 0 Å². The first-order valence-corrected chi connectivity index (χ1v) is 11.4. The fourth-order valence-corrected chi connectivity index (χ4v) is 3.97. The van der Waals surface area contributed by atoms with Gasteiger partial charge in [0.1, 0.15) is 5.75 Å². The molecule has 0 bridgehead atoms. The number of nitrogens with one attached hydrogen (secondary N) is 3. The van der Waals surface area contributed by atoms with E-state index in [1.807, 2.05) is 0 Å². The molecule has 0 atom stereocenters. The van der Waals surface area contributed by atoms with E-state index >= 15 is 0 Å². The van der Waals surface area contributed by atoms with Crippen LogP contribution < -0.4 is 29.8 Å². The maximum atomic E-state index is 12.8. The molecule has 0 heterocycles. The molecule has 3 aromatic carbocycles. The van der Waals surface area contributed by atoms with E-state index in [1.54, 1.807) is 48.5 Å². The maximum Gasteiger partial charge on any atom is 0.276 e. The Balaban J connectivity index is 1.61. The van der Waals surface area contributed by atoms with Crippen molar-refractivity contribution in [3.05, 3.63) is 78.4 Å². The Bertz CT molecular complexity index is 1280. The average Bonchev–Trinajstić information content (AvgIpc) is 2.86. The second-order valence-corrected chi connectivity index (χ2v) is 8.46. The van der Waals surface area contributed by atoms with Crippen molar-refractivity contribution in [3.8, 4) is 17.2 Å². The Morgan fingerprint density at radius 2 is 1.44 bits per heavy atom. The molecule has 0 radical (unpaired) electrons. The first-order valence-electron chi connectivity index (χ1n) is 9.95. The average molecular weight is 486 g/mol. The number of carbonyl (C=O) groups excluding carboxylic acids is 2. The largest absolute Gasteiger partial charge is 0.495 e. The lowest BCUT2D eigenvalue weighted by atomic mass is 10.2. The molecule has 2 amide bonds. The van der Waals surface area contributed by atoms with E-state index in [1.165, 1.54) is 38.5 Å². The van der Waals surface area contributed by atoms with E-state index in [-0.39, 0.29) is 22.8 Å². The number of para-hydroxylation sites is 4. The van der Waals surface area contributed by atoms with Crippen LogP contribution in [0.5, 0.6) is 17.2 Å². The summed E-state index contributed by atoms with van der Waals surface area (Å²) in [7, 11) is -1.11. The summed E-state index contributed by atoms with van der Waals surface area (Å²) in [5.74, 6) is -0.162. The molecular weight excluding hydrogens is 462 g/mol. The molecule has 11 heteroatoms. The number of hydrogen-bond donors (Lipinski definition) is 3. The van der Waals surface area contributed by atoms with Gasteiger partial charge in [0, 0.05) is 5.56 Å². The van der Waals surface area contributed by atoms with Crippen molar-refractivity contribution in [1.82, 2.24) is 10.9 Å². The van der Waals surface area contributed by atoms with E-state index in [2.05, 4.69) is 15.6 Å². The van der Waals surface area contributed by atoms with E-state index in [0.29, 0.717) is 17.2 Å². The van der Waals surface area contributed by atoms with Gasteiger partial charge in [-0.25, -0.2) is 8.42 Å². The summed E-state index contributed by atoms with van der Waals surface area (Å²) in [6.07, 6.45) is 0. The number of hydrogen-bond acceptors (Lipinski definition) is 7. The molecule has 0 aliphatic carbocycles. The normalized spacial score (nSPS) is 10.6. The van der Waals surface area contributed by atoms with Crippen molar-refractivity contribution < 1.29 is 32.2 Å². The molecule has 0 aliphatic rings. The summed E-state index contributed by atoms with van der Waals surface area (Å²) in [5.41, 5.74) is 4.72. The van der Waals surface area contributed by atoms with Gasteiger partial charge in [-0.3, -0.25) is 25.2 Å². The van der Waals surface area contributed by atoms with Crippen LogP contribution in [0.15, 0.2) is 77.7 Å². The second-order valence-electron chi connectivity index (χ2n) is 6.78. The number of amides is 2. The highest BCUT2D eigenvalue weighted by Gasteiger charge is 2.18. The number of rotatable bonds is 9. The van der Waals surface area contributed by atoms with Gasteiger partial charge in [0.15, 0.2) is 18.1 Å². The van der Waals surface area contributed by atoms with E-state index < -0.39 is 21.8 Å². The first kappa shape index (κ1) is 24.4.